The van der Waals surface area contributed by atoms with Crippen molar-refractivity contribution >= 4 is 11.9 Å². The lowest BCUT2D eigenvalue weighted by Crippen LogP contribution is -2.41. The van der Waals surface area contributed by atoms with Gasteiger partial charge in [-0.15, -0.1) is 0 Å². The van der Waals surface area contributed by atoms with Crippen molar-refractivity contribution in [2.24, 2.45) is 5.92 Å². The molecule has 1 fully saturated rings. The second-order valence-electron chi connectivity index (χ2n) is 7.07. The Bertz CT molecular complexity index is 774. The van der Waals surface area contributed by atoms with E-state index in [1.807, 2.05) is 15.6 Å². The van der Waals surface area contributed by atoms with Gasteiger partial charge in [0.25, 0.3) is 0 Å². The van der Waals surface area contributed by atoms with Crippen molar-refractivity contribution in [1.82, 2.24) is 25.1 Å². The molecular formula is C18H23FN6O2. The van der Waals surface area contributed by atoms with E-state index in [0.29, 0.717) is 37.9 Å². The molecule has 1 N–H and O–H groups in total. The van der Waals surface area contributed by atoms with Crippen LogP contribution < -0.4 is 10.2 Å². The summed E-state index contributed by atoms with van der Waals surface area (Å²) < 4.78 is 20.4. The number of halogens is 1. The average molecular weight is 374 g/mol. The maximum Gasteiger partial charge on any atom is 0.225 e. The van der Waals surface area contributed by atoms with Crippen LogP contribution in [0.1, 0.15) is 31.0 Å². The van der Waals surface area contributed by atoms with E-state index in [4.69, 9.17) is 4.74 Å². The van der Waals surface area contributed by atoms with Crippen LogP contribution in [0.4, 0.5) is 10.3 Å². The van der Waals surface area contributed by atoms with Crippen molar-refractivity contribution in [2.75, 3.05) is 31.2 Å². The predicted molar refractivity (Wildman–Crippen MR) is 95.5 cm³/mol. The number of rotatable bonds is 5. The lowest BCUT2D eigenvalue weighted by Gasteiger charge is -2.33. The van der Waals surface area contributed by atoms with E-state index in [-0.39, 0.29) is 11.9 Å². The van der Waals surface area contributed by atoms with Crippen LogP contribution in [0.5, 0.6) is 0 Å². The third-order valence-corrected chi connectivity index (χ3v) is 5.12. The van der Waals surface area contributed by atoms with Gasteiger partial charge in [0.05, 0.1) is 37.1 Å². The Labute approximate surface area is 156 Å². The van der Waals surface area contributed by atoms with Gasteiger partial charge in [-0.25, -0.2) is 14.4 Å². The number of hydrogen-bond acceptors (Lipinski definition) is 6. The highest BCUT2D eigenvalue weighted by Crippen LogP contribution is 2.25. The van der Waals surface area contributed by atoms with Gasteiger partial charge in [-0.1, -0.05) is 0 Å². The molecule has 0 spiro atoms. The minimum atomic E-state index is -0.468. The minimum absolute atomic E-state index is 0.00909. The summed E-state index contributed by atoms with van der Waals surface area (Å²) in [5, 5.41) is 7.43. The molecule has 0 bridgehead atoms. The van der Waals surface area contributed by atoms with E-state index < -0.39 is 5.82 Å². The van der Waals surface area contributed by atoms with Crippen LogP contribution in [0.25, 0.3) is 0 Å². The first-order chi connectivity index (χ1) is 13.2. The van der Waals surface area contributed by atoms with Crippen LogP contribution >= 0.6 is 0 Å². The van der Waals surface area contributed by atoms with E-state index in [1.54, 1.807) is 6.20 Å². The number of fused-ring (bicyclic) bond motifs is 1. The largest absolute Gasteiger partial charge is 0.381 e. The molecule has 1 amide bonds. The van der Waals surface area contributed by atoms with Gasteiger partial charge in [0, 0.05) is 32.5 Å². The molecule has 144 valence electrons. The molecule has 2 aromatic rings. The normalized spacial score (nSPS) is 20.3. The van der Waals surface area contributed by atoms with Gasteiger partial charge < -0.3 is 15.0 Å². The maximum absolute atomic E-state index is 13.1. The molecule has 0 saturated carbocycles. The lowest BCUT2D eigenvalue weighted by molar-refractivity contribution is -0.122. The number of amides is 1. The number of aromatic nitrogens is 4. The van der Waals surface area contributed by atoms with E-state index in [9.17, 15) is 9.18 Å². The molecular weight excluding hydrogens is 351 g/mol. The number of ether oxygens (including phenoxy) is 1. The summed E-state index contributed by atoms with van der Waals surface area (Å²) in [5.74, 6) is 0.481. The molecule has 0 radical (unpaired) electrons. The van der Waals surface area contributed by atoms with Crippen molar-refractivity contribution in [1.29, 1.82) is 0 Å². The molecule has 4 rings (SSSR count). The van der Waals surface area contributed by atoms with Crippen molar-refractivity contribution in [3.8, 4) is 0 Å². The Kier molecular flexibility index (Phi) is 5.28. The van der Waals surface area contributed by atoms with Crippen LogP contribution in [0.2, 0.25) is 0 Å². The maximum atomic E-state index is 13.1. The molecule has 2 aromatic heterocycles. The summed E-state index contributed by atoms with van der Waals surface area (Å²) >= 11 is 0. The van der Waals surface area contributed by atoms with Gasteiger partial charge >= 0.3 is 0 Å². The van der Waals surface area contributed by atoms with E-state index >= 15 is 0 Å². The summed E-state index contributed by atoms with van der Waals surface area (Å²) in [6, 6.07) is 1.80. The second kappa shape index (κ2) is 7.99. The third-order valence-electron chi connectivity index (χ3n) is 5.12. The quantitative estimate of drug-likeness (QED) is 0.849. The summed E-state index contributed by atoms with van der Waals surface area (Å²) in [4.78, 5) is 22.6. The summed E-state index contributed by atoms with van der Waals surface area (Å²) in [7, 11) is 0. The predicted octanol–water partition coefficient (Wildman–Crippen LogP) is 1.31. The Morgan fingerprint density at radius 2 is 2.07 bits per heavy atom. The molecule has 4 heterocycles. The zero-order valence-corrected chi connectivity index (χ0v) is 15.1. The standard InChI is InChI=1S/C18H23FN6O2/c19-14-9-21-18(22-10-14)24-11-15-1-4-23-25(15)16(12-24)7-17(26)20-8-13-2-5-27-6-3-13/h1,4,9-10,13,16H,2-3,5-8,11-12H2,(H,20,26)/t16-/m0/s1. The number of hydrogen-bond donors (Lipinski definition) is 1. The number of carbonyl (C=O) groups is 1. The highest BCUT2D eigenvalue weighted by molar-refractivity contribution is 5.76. The fourth-order valence-corrected chi connectivity index (χ4v) is 3.65. The summed E-state index contributed by atoms with van der Waals surface area (Å²) in [6.45, 7) is 3.35. The molecule has 1 atom stereocenters. The summed E-state index contributed by atoms with van der Waals surface area (Å²) in [6.07, 6.45) is 6.35. The van der Waals surface area contributed by atoms with Crippen LogP contribution in [-0.2, 0) is 16.1 Å². The number of nitrogens with zero attached hydrogens (tertiary/aromatic N) is 5. The van der Waals surface area contributed by atoms with Gasteiger partial charge in [0.2, 0.25) is 11.9 Å². The fourth-order valence-electron chi connectivity index (χ4n) is 3.65. The van der Waals surface area contributed by atoms with Gasteiger partial charge in [0.15, 0.2) is 5.82 Å². The van der Waals surface area contributed by atoms with Crippen LogP contribution in [-0.4, -0.2) is 52.0 Å². The molecule has 0 unspecified atom stereocenters. The topological polar surface area (TPSA) is 85.2 Å². The first kappa shape index (κ1) is 17.8. The SMILES string of the molecule is O=C(C[C@H]1CN(c2ncc(F)cn2)Cc2ccnn21)NCC1CCOCC1. The van der Waals surface area contributed by atoms with Crippen molar-refractivity contribution < 1.29 is 13.9 Å². The van der Waals surface area contributed by atoms with E-state index in [2.05, 4.69) is 20.4 Å². The highest BCUT2D eigenvalue weighted by atomic mass is 19.1. The molecule has 0 aliphatic carbocycles. The Morgan fingerprint density at radius 1 is 1.30 bits per heavy atom. The highest BCUT2D eigenvalue weighted by Gasteiger charge is 2.29. The molecule has 27 heavy (non-hydrogen) atoms. The minimum Gasteiger partial charge on any atom is -0.381 e. The third kappa shape index (κ3) is 4.24. The molecule has 1 saturated heterocycles. The second-order valence-corrected chi connectivity index (χ2v) is 7.07. The Hall–Kier alpha value is -2.55. The fraction of sp³-hybridized carbons (Fsp3) is 0.556. The molecule has 9 heteroatoms. The summed E-state index contributed by atoms with van der Waals surface area (Å²) in [5.41, 5.74) is 0.983. The van der Waals surface area contributed by atoms with Gasteiger partial charge in [-0.05, 0) is 24.8 Å². The lowest BCUT2D eigenvalue weighted by atomic mass is 10.0. The molecule has 0 aromatic carbocycles. The van der Waals surface area contributed by atoms with Crippen molar-refractivity contribution in [2.45, 2.75) is 31.8 Å². The van der Waals surface area contributed by atoms with Gasteiger partial charge in [-0.3, -0.25) is 9.48 Å². The number of nitrogens with one attached hydrogen (secondary N) is 1. The van der Waals surface area contributed by atoms with Crippen LogP contribution in [0.15, 0.2) is 24.7 Å². The van der Waals surface area contributed by atoms with Crippen molar-refractivity contribution in [3.63, 3.8) is 0 Å². The van der Waals surface area contributed by atoms with Crippen LogP contribution in [0.3, 0.4) is 0 Å². The Balaban J connectivity index is 1.40. The van der Waals surface area contributed by atoms with Crippen molar-refractivity contribution in [3.05, 3.63) is 36.2 Å². The first-order valence-corrected chi connectivity index (χ1v) is 9.28. The number of anilines is 1. The number of carbonyl (C=O) groups excluding carboxylic acids is 1. The van der Waals surface area contributed by atoms with Crippen LogP contribution in [0, 0.1) is 11.7 Å². The van der Waals surface area contributed by atoms with E-state index in [1.165, 1.54) is 0 Å². The monoisotopic (exact) mass is 374 g/mol. The van der Waals surface area contributed by atoms with Gasteiger partial charge in [-0.2, -0.15) is 5.10 Å². The zero-order chi connectivity index (χ0) is 18.6. The Morgan fingerprint density at radius 3 is 2.85 bits per heavy atom. The zero-order valence-electron chi connectivity index (χ0n) is 15.1. The van der Waals surface area contributed by atoms with Gasteiger partial charge in [0.1, 0.15) is 0 Å². The molecule has 2 aliphatic heterocycles. The van der Waals surface area contributed by atoms with E-state index in [0.717, 1.165) is 44.1 Å². The molecule has 8 nitrogen and oxygen atoms in total. The average Bonchev–Trinajstić information content (AvgIpc) is 3.17. The first-order valence-electron chi connectivity index (χ1n) is 9.28. The smallest absolute Gasteiger partial charge is 0.225 e. The molecule has 2 aliphatic rings.